The Morgan fingerprint density at radius 1 is 1.83 bits per heavy atom. The Labute approximate surface area is 52.3 Å². The van der Waals surface area contributed by atoms with E-state index < -0.39 is 0 Å². The van der Waals surface area contributed by atoms with Crippen molar-refractivity contribution in [2.45, 2.75) is 6.32 Å². The lowest BCUT2D eigenvalue weighted by molar-refractivity contribution is 1.53. The second-order valence-corrected chi connectivity index (χ2v) is 2.48. The molecule has 6 heavy (non-hydrogen) atoms. The number of hydrogen-bond acceptors (Lipinski definition) is 1. The van der Waals surface area contributed by atoms with E-state index in [1.165, 1.54) is 6.32 Å². The van der Waals surface area contributed by atoms with Gasteiger partial charge in [-0.05, 0) is 11.6 Å². The van der Waals surface area contributed by atoms with Gasteiger partial charge in [0.2, 0.25) is 0 Å². The minimum atomic E-state index is 1.09. The second kappa shape index (κ2) is 5.89. The highest BCUT2D eigenvalue weighted by molar-refractivity contribution is 9.09. The molecule has 0 N–H and O–H groups in total. The molecule has 0 heterocycles. The Morgan fingerprint density at radius 3 is 2.67 bits per heavy atom. The maximum atomic E-state index is 3.31. The van der Waals surface area contributed by atoms with Crippen molar-refractivity contribution in [3.8, 4) is 0 Å². The van der Waals surface area contributed by atoms with Crippen LogP contribution in [0.5, 0.6) is 0 Å². The zero-order chi connectivity index (χ0) is 4.83. The van der Waals surface area contributed by atoms with Crippen LogP contribution in [0.25, 0.3) is 0 Å². The van der Waals surface area contributed by atoms with Gasteiger partial charge in [-0.3, -0.25) is 0 Å². The normalized spacial score (nSPS) is 8.33. The molecule has 35 valence electrons. The van der Waals surface area contributed by atoms with E-state index in [0.29, 0.717) is 0 Å². The Hall–Kier alpha value is 0.895. The Morgan fingerprint density at radius 2 is 2.50 bits per heavy atom. The van der Waals surface area contributed by atoms with Gasteiger partial charge in [0.1, 0.15) is 0 Å². The van der Waals surface area contributed by atoms with Crippen molar-refractivity contribution in [3.63, 3.8) is 0 Å². The summed E-state index contributed by atoms with van der Waals surface area (Å²) in [6.07, 6.45) is 3.24. The Balaban J connectivity index is 2.34. The molecule has 0 rings (SSSR count). The first-order chi connectivity index (χ1) is 2.91. The highest BCUT2D eigenvalue weighted by Crippen LogP contribution is 1.94. The van der Waals surface area contributed by atoms with E-state index in [2.05, 4.69) is 28.7 Å². The molecule has 0 unspecified atom stereocenters. The summed E-state index contributed by atoms with van der Waals surface area (Å²) in [7, 11) is 0. The third kappa shape index (κ3) is 4.89. The monoisotopic (exact) mass is 165 g/mol. The minimum absolute atomic E-state index is 1.09. The van der Waals surface area contributed by atoms with Crippen LogP contribution in [0.15, 0.2) is 0 Å². The first-order valence-corrected chi connectivity index (χ1v) is 4.23. The number of halogens is 1. The molecule has 0 spiro atoms. The fourth-order valence-electron chi connectivity index (χ4n) is 0.162. The molecule has 0 aliphatic rings. The van der Waals surface area contributed by atoms with Crippen LogP contribution in [0.4, 0.5) is 0 Å². The number of alkyl halides is 1. The first kappa shape index (κ1) is 6.89. The quantitative estimate of drug-likeness (QED) is 0.349. The van der Waals surface area contributed by atoms with Gasteiger partial charge in [0.05, 0.1) is 0 Å². The lowest BCUT2D eigenvalue weighted by atomic mass is 10.1. The molecule has 0 aromatic heterocycles. The molecule has 0 aliphatic heterocycles. The van der Waals surface area contributed by atoms with Crippen molar-refractivity contribution < 1.29 is 0 Å². The highest BCUT2D eigenvalue weighted by atomic mass is 79.9. The fraction of sp³-hybridized carbons (Fsp3) is 1.00. The van der Waals surface area contributed by atoms with Crippen LogP contribution < -0.4 is 0 Å². The van der Waals surface area contributed by atoms with Crippen molar-refractivity contribution in [1.29, 1.82) is 0 Å². The van der Waals surface area contributed by atoms with E-state index in [0.717, 1.165) is 5.33 Å². The zero-order valence-electron chi connectivity index (χ0n) is 3.78. The van der Waals surface area contributed by atoms with E-state index in [1.54, 1.807) is 11.6 Å². The largest absolute Gasteiger partial charge is 0.221 e. The molecule has 3 heteroatoms. The van der Waals surface area contributed by atoms with Crippen LogP contribution in [0.1, 0.15) is 0 Å². The molecule has 0 atom stereocenters. The molecule has 0 bridgehead atoms. The van der Waals surface area contributed by atoms with E-state index in [4.69, 9.17) is 0 Å². The highest BCUT2D eigenvalue weighted by Gasteiger charge is 1.80. The third-order valence-corrected chi connectivity index (χ3v) is 1.42. The van der Waals surface area contributed by atoms with Gasteiger partial charge < -0.3 is 0 Å². The van der Waals surface area contributed by atoms with Crippen LogP contribution >= 0.6 is 27.5 Å². The summed E-state index contributed by atoms with van der Waals surface area (Å²) in [6.45, 7) is 2.18. The van der Waals surface area contributed by atoms with Crippen molar-refractivity contribution in [1.82, 2.24) is 0 Å². The molecule has 0 nitrogen and oxygen atoms in total. The number of hydrogen-bond donors (Lipinski definition) is 0. The summed E-state index contributed by atoms with van der Waals surface area (Å²) in [5.41, 5.74) is 0. The van der Waals surface area contributed by atoms with Gasteiger partial charge in [0.15, 0.2) is 6.56 Å². The van der Waals surface area contributed by atoms with Gasteiger partial charge in [0.25, 0.3) is 0 Å². The summed E-state index contributed by atoms with van der Waals surface area (Å²) in [5, 5.41) is 1.09. The van der Waals surface area contributed by atoms with Gasteiger partial charge in [0, 0.05) is 0 Å². The van der Waals surface area contributed by atoms with Gasteiger partial charge in [-0.25, -0.2) is 11.6 Å². The predicted octanol–water partition coefficient (Wildman–Crippen LogP) is 1.78. The minimum Gasteiger partial charge on any atom is -0.221 e. The average Bonchev–Trinajstić information content (AvgIpc) is 1.61. The summed E-state index contributed by atoms with van der Waals surface area (Å²) in [6, 6.07) is 0. The second-order valence-electron chi connectivity index (χ2n) is 0.880. The van der Waals surface area contributed by atoms with Crippen molar-refractivity contribution >= 4 is 34.1 Å². The van der Waals surface area contributed by atoms with Crippen LogP contribution in [-0.2, 0) is 0 Å². The summed E-state index contributed by atoms with van der Waals surface area (Å²) in [5.74, 6) is 0. The van der Waals surface area contributed by atoms with E-state index >= 15 is 0 Å². The molecule has 0 saturated carbocycles. The van der Waals surface area contributed by atoms with E-state index in [9.17, 15) is 0 Å². The van der Waals surface area contributed by atoms with Gasteiger partial charge in [-0.1, -0.05) is 22.3 Å². The van der Waals surface area contributed by atoms with Crippen LogP contribution in [0.3, 0.4) is 0 Å². The van der Waals surface area contributed by atoms with Crippen LogP contribution in [-0.4, -0.2) is 18.1 Å². The fourth-order valence-corrected chi connectivity index (χ4v) is 1.05. The summed E-state index contributed by atoms with van der Waals surface area (Å²) >= 11 is 5.08. The molecular formula is C3H7BBrS. The standard InChI is InChI=1S/C3H7BBrS/c1-6-4-2-3-5/h2-3H2,1H3. The molecule has 0 fully saturated rings. The lowest BCUT2D eigenvalue weighted by Crippen LogP contribution is -1.79. The van der Waals surface area contributed by atoms with Crippen LogP contribution in [0, 0.1) is 0 Å². The van der Waals surface area contributed by atoms with Crippen molar-refractivity contribution in [2.75, 3.05) is 11.6 Å². The molecular weight excluding hydrogens is 159 g/mol. The SMILES string of the molecule is CS[B]CCBr. The Kier molecular flexibility index (Phi) is 6.77. The predicted molar refractivity (Wildman–Crippen MR) is 37.9 cm³/mol. The van der Waals surface area contributed by atoms with E-state index in [1.807, 2.05) is 0 Å². The van der Waals surface area contributed by atoms with Gasteiger partial charge in [-0.2, -0.15) is 0 Å². The average molecular weight is 166 g/mol. The maximum absolute atomic E-state index is 3.31. The zero-order valence-corrected chi connectivity index (χ0v) is 6.18. The molecule has 0 amide bonds. The lowest BCUT2D eigenvalue weighted by Gasteiger charge is -1.82. The first-order valence-electron chi connectivity index (χ1n) is 1.82. The topological polar surface area (TPSA) is 0 Å². The van der Waals surface area contributed by atoms with E-state index in [-0.39, 0.29) is 0 Å². The molecule has 0 aliphatic carbocycles. The van der Waals surface area contributed by atoms with Gasteiger partial charge >= 0.3 is 0 Å². The molecule has 1 radical (unpaired) electrons. The molecule has 0 aromatic rings. The Bertz CT molecular complexity index is 22.8. The molecule has 0 aromatic carbocycles. The smallest absolute Gasteiger partial charge is 0.192 e. The van der Waals surface area contributed by atoms with Gasteiger partial charge in [-0.15, -0.1) is 0 Å². The van der Waals surface area contributed by atoms with Crippen molar-refractivity contribution in [2.24, 2.45) is 0 Å². The van der Waals surface area contributed by atoms with Crippen molar-refractivity contribution in [3.05, 3.63) is 0 Å². The number of rotatable bonds is 3. The summed E-state index contributed by atoms with van der Waals surface area (Å²) < 4.78 is 0. The van der Waals surface area contributed by atoms with Crippen LogP contribution in [0.2, 0.25) is 6.32 Å². The maximum Gasteiger partial charge on any atom is 0.192 e. The third-order valence-electron chi connectivity index (χ3n) is 0.394. The molecule has 0 saturated heterocycles. The summed E-state index contributed by atoms with van der Waals surface area (Å²) in [4.78, 5) is 0.